The van der Waals surface area contributed by atoms with Crippen LogP contribution in [-0.2, 0) is 18.6 Å². The van der Waals surface area contributed by atoms with Crippen molar-refractivity contribution >= 4 is 11.6 Å². The van der Waals surface area contributed by atoms with Gasteiger partial charge in [-0.05, 0) is 48.2 Å². The quantitative estimate of drug-likeness (QED) is 0.588. The Morgan fingerprint density at radius 3 is 1.96 bits per heavy atom. The summed E-state index contributed by atoms with van der Waals surface area (Å²) in [5.41, 5.74) is 3.43. The van der Waals surface area contributed by atoms with E-state index in [1.165, 1.54) is 11.1 Å². The molecule has 0 amide bonds. The van der Waals surface area contributed by atoms with Gasteiger partial charge < -0.3 is 9.47 Å². The van der Waals surface area contributed by atoms with E-state index < -0.39 is 5.79 Å². The molecule has 0 unspecified atom stereocenters. The van der Waals surface area contributed by atoms with Gasteiger partial charge >= 0.3 is 0 Å². The smallest absolute Gasteiger partial charge is 0.281 e. The second-order valence-electron chi connectivity index (χ2n) is 6.70. The average Bonchev–Trinajstić information content (AvgIpc) is 2.64. The first-order valence-corrected chi connectivity index (χ1v) is 8.92. The highest BCUT2D eigenvalue weighted by Crippen LogP contribution is 2.50. The number of ether oxygens (including phenoxy) is 2. The van der Waals surface area contributed by atoms with Gasteiger partial charge in [0.25, 0.3) is 5.79 Å². The van der Waals surface area contributed by atoms with Gasteiger partial charge in [0.05, 0.1) is 0 Å². The maximum Gasteiger partial charge on any atom is 0.281 e. The van der Waals surface area contributed by atoms with Crippen molar-refractivity contribution in [2.75, 3.05) is 0 Å². The van der Waals surface area contributed by atoms with E-state index >= 15 is 0 Å². The number of para-hydroxylation sites is 2. The number of hydrogen-bond acceptors (Lipinski definition) is 2. The fourth-order valence-electron chi connectivity index (χ4n) is 3.99. The topological polar surface area (TPSA) is 18.5 Å². The molecular weight excluding hydrogens is 332 g/mol. The molecule has 0 radical (unpaired) electrons. The van der Waals surface area contributed by atoms with Crippen LogP contribution < -0.4 is 9.47 Å². The van der Waals surface area contributed by atoms with Crippen LogP contribution >= 0.6 is 11.6 Å². The summed E-state index contributed by atoms with van der Waals surface area (Å²) >= 11 is 6.28. The number of hydrogen-bond donors (Lipinski definition) is 0. The fourth-order valence-corrected chi connectivity index (χ4v) is 4.18. The molecule has 0 bridgehead atoms. The van der Waals surface area contributed by atoms with E-state index in [1.54, 1.807) is 0 Å². The lowest BCUT2D eigenvalue weighted by Crippen LogP contribution is -2.52. The number of benzene rings is 3. The summed E-state index contributed by atoms with van der Waals surface area (Å²) in [6.07, 6.45) is 1.83. The minimum atomic E-state index is -0.840. The third-order valence-corrected chi connectivity index (χ3v) is 5.40. The van der Waals surface area contributed by atoms with Crippen LogP contribution in [0.3, 0.4) is 0 Å². The molecule has 0 aliphatic carbocycles. The zero-order valence-electron chi connectivity index (χ0n) is 13.6. The third-order valence-electron chi connectivity index (χ3n) is 5.17. The maximum absolute atomic E-state index is 6.54. The van der Waals surface area contributed by atoms with Crippen LogP contribution in [0, 0.1) is 5.92 Å². The van der Waals surface area contributed by atoms with E-state index in [9.17, 15) is 0 Å². The van der Waals surface area contributed by atoms with Gasteiger partial charge in [0.2, 0.25) is 0 Å². The Morgan fingerprint density at radius 1 is 0.760 bits per heavy atom. The van der Waals surface area contributed by atoms with Gasteiger partial charge in [0, 0.05) is 16.5 Å². The Bertz CT molecular complexity index is 899. The molecule has 0 saturated heterocycles. The van der Waals surface area contributed by atoms with Crippen LogP contribution in [0.5, 0.6) is 11.5 Å². The Balaban J connectivity index is 1.70. The summed E-state index contributed by atoms with van der Waals surface area (Å²) in [4.78, 5) is 0. The average molecular weight is 349 g/mol. The summed E-state index contributed by atoms with van der Waals surface area (Å²) in [6.45, 7) is 0. The van der Waals surface area contributed by atoms with Crippen molar-refractivity contribution in [1.82, 2.24) is 0 Å². The van der Waals surface area contributed by atoms with Gasteiger partial charge in [-0.15, -0.1) is 0 Å². The van der Waals surface area contributed by atoms with E-state index in [0.29, 0.717) is 5.02 Å². The molecule has 0 N–H and O–H groups in total. The van der Waals surface area contributed by atoms with Crippen molar-refractivity contribution in [2.24, 2.45) is 5.92 Å². The minimum Gasteiger partial charge on any atom is -0.448 e. The molecule has 124 valence electrons. The highest BCUT2D eigenvalue weighted by Gasteiger charge is 2.51. The molecular formula is C22H17ClO2. The van der Waals surface area contributed by atoms with Crippen LogP contribution in [0.4, 0.5) is 0 Å². The third kappa shape index (κ3) is 2.32. The van der Waals surface area contributed by atoms with Crippen LogP contribution in [0.25, 0.3) is 0 Å². The SMILES string of the molecule is Clc1cccc(C23Oc4ccccc4CC2Cc2ccccc2O3)c1. The molecule has 2 aliphatic rings. The standard InChI is InChI=1S/C22H17ClO2/c23-19-9-5-8-17(14-19)22-18(12-15-6-1-3-10-20(15)24-22)13-16-7-2-4-11-21(16)25-22/h1-11,14,18H,12-13H2. The minimum absolute atomic E-state index is 0.191. The van der Waals surface area contributed by atoms with E-state index in [0.717, 1.165) is 29.9 Å². The van der Waals surface area contributed by atoms with Crippen LogP contribution in [0.2, 0.25) is 5.02 Å². The lowest BCUT2D eigenvalue weighted by atomic mass is 9.78. The van der Waals surface area contributed by atoms with E-state index in [4.69, 9.17) is 21.1 Å². The highest BCUT2D eigenvalue weighted by molar-refractivity contribution is 6.30. The molecule has 3 heteroatoms. The maximum atomic E-state index is 6.54. The van der Waals surface area contributed by atoms with Gasteiger partial charge in [-0.25, -0.2) is 0 Å². The molecule has 3 aromatic carbocycles. The second kappa shape index (κ2) is 5.53. The fraction of sp³-hybridized carbons (Fsp3) is 0.182. The van der Waals surface area contributed by atoms with Crippen molar-refractivity contribution in [1.29, 1.82) is 0 Å². The van der Waals surface area contributed by atoms with Gasteiger partial charge in [0.1, 0.15) is 11.5 Å². The molecule has 2 heterocycles. The summed E-state index contributed by atoms with van der Waals surface area (Å²) in [6, 6.07) is 24.3. The summed E-state index contributed by atoms with van der Waals surface area (Å²) in [7, 11) is 0. The number of fused-ring (bicyclic) bond motifs is 3. The molecule has 0 aromatic heterocycles. The lowest BCUT2D eigenvalue weighted by Gasteiger charge is -2.47. The predicted octanol–water partition coefficient (Wildman–Crippen LogP) is 5.38. The predicted molar refractivity (Wildman–Crippen MR) is 98.2 cm³/mol. The largest absolute Gasteiger partial charge is 0.448 e. The Kier molecular flexibility index (Phi) is 3.29. The van der Waals surface area contributed by atoms with Crippen molar-refractivity contribution in [2.45, 2.75) is 18.6 Å². The summed E-state index contributed by atoms with van der Waals surface area (Å²) < 4.78 is 13.1. The van der Waals surface area contributed by atoms with Gasteiger partial charge in [0.15, 0.2) is 0 Å². The Labute approximate surface area is 152 Å². The molecule has 2 aliphatic heterocycles. The number of halogens is 1. The normalized spacial score (nSPS) is 23.5. The first-order valence-electron chi connectivity index (χ1n) is 8.54. The van der Waals surface area contributed by atoms with E-state index in [2.05, 4.69) is 24.3 Å². The molecule has 0 spiro atoms. The molecule has 0 atom stereocenters. The molecule has 5 rings (SSSR count). The second-order valence-corrected chi connectivity index (χ2v) is 7.14. The highest BCUT2D eigenvalue weighted by atomic mass is 35.5. The molecule has 0 fully saturated rings. The van der Waals surface area contributed by atoms with Gasteiger partial charge in [-0.2, -0.15) is 0 Å². The monoisotopic (exact) mass is 348 g/mol. The van der Waals surface area contributed by atoms with Crippen LogP contribution in [0.1, 0.15) is 16.7 Å². The van der Waals surface area contributed by atoms with Crippen molar-refractivity contribution in [3.05, 3.63) is 94.5 Å². The Morgan fingerprint density at radius 2 is 1.36 bits per heavy atom. The Hall–Kier alpha value is -2.45. The molecule has 0 saturated carbocycles. The van der Waals surface area contributed by atoms with Crippen molar-refractivity contribution in [3.8, 4) is 11.5 Å². The van der Waals surface area contributed by atoms with Crippen LogP contribution in [0.15, 0.2) is 72.8 Å². The van der Waals surface area contributed by atoms with E-state index in [-0.39, 0.29) is 5.92 Å². The summed E-state index contributed by atoms with van der Waals surface area (Å²) in [5.74, 6) is 1.13. The molecule has 2 nitrogen and oxygen atoms in total. The van der Waals surface area contributed by atoms with Gasteiger partial charge in [-0.3, -0.25) is 0 Å². The first kappa shape index (κ1) is 14.9. The van der Waals surface area contributed by atoms with Gasteiger partial charge in [-0.1, -0.05) is 60.1 Å². The van der Waals surface area contributed by atoms with Crippen LogP contribution in [-0.4, -0.2) is 0 Å². The zero-order chi connectivity index (χ0) is 16.9. The molecule has 3 aromatic rings. The van der Waals surface area contributed by atoms with Crippen molar-refractivity contribution < 1.29 is 9.47 Å². The summed E-state index contributed by atoms with van der Waals surface area (Å²) in [5, 5.41) is 0.690. The zero-order valence-corrected chi connectivity index (χ0v) is 14.4. The van der Waals surface area contributed by atoms with Crippen molar-refractivity contribution in [3.63, 3.8) is 0 Å². The molecule has 25 heavy (non-hydrogen) atoms. The lowest BCUT2D eigenvalue weighted by molar-refractivity contribution is -0.183. The number of rotatable bonds is 1. The van der Waals surface area contributed by atoms with E-state index in [1.807, 2.05) is 48.5 Å². The first-order chi connectivity index (χ1) is 12.2.